The fraction of sp³-hybridized carbons (Fsp3) is 0.364. The standard InChI is InChI=1S/C11H16FN3O2/c1-15(17-2)6-5-11(16)14-10-4-3-8(12)7-9(10)13/h3-4,7H,5-6,13H2,1-2H3,(H,14,16). The number of anilines is 2. The Morgan fingerprint density at radius 2 is 2.29 bits per heavy atom. The van der Waals surface area contributed by atoms with Crippen LogP contribution in [0.3, 0.4) is 0 Å². The van der Waals surface area contributed by atoms with E-state index in [4.69, 9.17) is 10.6 Å². The zero-order chi connectivity index (χ0) is 12.8. The normalized spacial score (nSPS) is 10.6. The number of rotatable bonds is 5. The summed E-state index contributed by atoms with van der Waals surface area (Å²) in [6.45, 7) is 0.462. The molecule has 0 saturated heterocycles. The minimum atomic E-state index is -0.431. The summed E-state index contributed by atoms with van der Waals surface area (Å²) in [6, 6.07) is 3.84. The van der Waals surface area contributed by atoms with Crippen LogP contribution in [-0.4, -0.2) is 31.7 Å². The molecule has 1 rings (SSSR count). The summed E-state index contributed by atoms with van der Waals surface area (Å²) in [6.07, 6.45) is 0.265. The molecule has 6 heteroatoms. The van der Waals surface area contributed by atoms with Crippen molar-refractivity contribution in [3.05, 3.63) is 24.0 Å². The molecule has 17 heavy (non-hydrogen) atoms. The van der Waals surface area contributed by atoms with Gasteiger partial charge in [-0.05, 0) is 18.2 Å². The second-order valence-electron chi connectivity index (χ2n) is 3.56. The molecule has 0 fully saturated rings. The maximum absolute atomic E-state index is 12.8. The topological polar surface area (TPSA) is 67.6 Å². The van der Waals surface area contributed by atoms with Crippen LogP contribution in [0.5, 0.6) is 0 Å². The highest BCUT2D eigenvalue weighted by atomic mass is 19.1. The van der Waals surface area contributed by atoms with Gasteiger partial charge in [-0.25, -0.2) is 4.39 Å². The van der Waals surface area contributed by atoms with Gasteiger partial charge in [0.2, 0.25) is 5.91 Å². The van der Waals surface area contributed by atoms with Crippen LogP contribution >= 0.6 is 0 Å². The van der Waals surface area contributed by atoms with E-state index >= 15 is 0 Å². The van der Waals surface area contributed by atoms with Gasteiger partial charge in [-0.15, -0.1) is 0 Å². The summed E-state index contributed by atoms with van der Waals surface area (Å²) in [5.74, 6) is -0.633. The number of nitrogen functional groups attached to an aromatic ring is 1. The molecule has 1 aromatic carbocycles. The van der Waals surface area contributed by atoms with Crippen molar-refractivity contribution in [2.75, 3.05) is 31.8 Å². The van der Waals surface area contributed by atoms with Crippen LogP contribution in [0.2, 0.25) is 0 Å². The van der Waals surface area contributed by atoms with E-state index in [9.17, 15) is 9.18 Å². The lowest BCUT2D eigenvalue weighted by Gasteiger charge is -2.13. The van der Waals surface area contributed by atoms with Gasteiger partial charge < -0.3 is 15.9 Å². The van der Waals surface area contributed by atoms with E-state index in [1.165, 1.54) is 24.3 Å². The molecule has 0 saturated carbocycles. The van der Waals surface area contributed by atoms with E-state index in [0.29, 0.717) is 12.2 Å². The maximum Gasteiger partial charge on any atom is 0.225 e. The van der Waals surface area contributed by atoms with Gasteiger partial charge in [-0.2, -0.15) is 5.06 Å². The molecule has 0 aliphatic rings. The molecule has 0 spiro atoms. The summed E-state index contributed by atoms with van der Waals surface area (Å²) in [5, 5.41) is 4.14. The van der Waals surface area contributed by atoms with Crippen LogP contribution in [0.15, 0.2) is 18.2 Å². The van der Waals surface area contributed by atoms with E-state index in [-0.39, 0.29) is 18.0 Å². The van der Waals surface area contributed by atoms with Gasteiger partial charge in [0.05, 0.1) is 18.5 Å². The molecule has 94 valence electrons. The molecule has 3 N–H and O–H groups in total. The van der Waals surface area contributed by atoms with Crippen LogP contribution < -0.4 is 11.1 Å². The highest BCUT2D eigenvalue weighted by Crippen LogP contribution is 2.19. The summed E-state index contributed by atoms with van der Waals surface area (Å²) in [4.78, 5) is 16.4. The molecule has 0 atom stereocenters. The number of hydroxylamine groups is 2. The highest BCUT2D eigenvalue weighted by Gasteiger charge is 2.07. The van der Waals surface area contributed by atoms with Crippen molar-refractivity contribution in [2.24, 2.45) is 0 Å². The van der Waals surface area contributed by atoms with Crippen molar-refractivity contribution in [3.63, 3.8) is 0 Å². The van der Waals surface area contributed by atoms with Gasteiger partial charge in [0.1, 0.15) is 5.82 Å². The fourth-order valence-electron chi connectivity index (χ4n) is 1.21. The monoisotopic (exact) mass is 241 g/mol. The number of carbonyl (C=O) groups excluding carboxylic acids is 1. The number of benzene rings is 1. The molecular weight excluding hydrogens is 225 g/mol. The van der Waals surface area contributed by atoms with Crippen molar-refractivity contribution >= 4 is 17.3 Å². The summed E-state index contributed by atoms with van der Waals surface area (Å²) in [7, 11) is 3.25. The molecule has 0 aliphatic carbocycles. The van der Waals surface area contributed by atoms with Crippen LogP contribution in [0, 0.1) is 5.82 Å². The zero-order valence-corrected chi connectivity index (χ0v) is 9.87. The Morgan fingerprint density at radius 3 is 2.88 bits per heavy atom. The average Bonchev–Trinajstić information content (AvgIpc) is 2.29. The minimum absolute atomic E-state index is 0.202. The second-order valence-corrected chi connectivity index (χ2v) is 3.56. The van der Waals surface area contributed by atoms with Gasteiger partial charge in [0, 0.05) is 20.0 Å². The number of halogens is 1. The molecule has 0 aliphatic heterocycles. The van der Waals surface area contributed by atoms with Gasteiger partial charge in [0.25, 0.3) is 0 Å². The predicted octanol–water partition coefficient (Wildman–Crippen LogP) is 1.23. The van der Waals surface area contributed by atoms with Gasteiger partial charge in [-0.3, -0.25) is 4.79 Å². The van der Waals surface area contributed by atoms with Crippen molar-refractivity contribution in [1.82, 2.24) is 5.06 Å². The number of nitrogens with one attached hydrogen (secondary N) is 1. The number of nitrogens with zero attached hydrogens (tertiary/aromatic N) is 1. The lowest BCUT2D eigenvalue weighted by molar-refractivity contribution is -0.126. The number of amides is 1. The zero-order valence-electron chi connectivity index (χ0n) is 9.87. The van der Waals surface area contributed by atoms with Crippen LogP contribution in [-0.2, 0) is 9.63 Å². The lowest BCUT2D eigenvalue weighted by atomic mass is 10.2. The van der Waals surface area contributed by atoms with E-state index in [2.05, 4.69) is 5.32 Å². The quantitative estimate of drug-likeness (QED) is 0.601. The van der Waals surface area contributed by atoms with Crippen molar-refractivity contribution in [2.45, 2.75) is 6.42 Å². The third-order valence-electron chi connectivity index (χ3n) is 2.25. The third kappa shape index (κ3) is 4.38. The Kier molecular flexibility index (Phi) is 4.86. The van der Waals surface area contributed by atoms with Crippen LogP contribution in [0.25, 0.3) is 0 Å². The molecular formula is C11H16FN3O2. The summed E-state index contributed by atoms with van der Waals surface area (Å²) >= 11 is 0. The second kappa shape index (κ2) is 6.17. The van der Waals surface area contributed by atoms with Gasteiger partial charge in [0.15, 0.2) is 0 Å². The van der Waals surface area contributed by atoms with E-state index < -0.39 is 5.82 Å². The molecule has 0 heterocycles. The molecule has 0 aromatic heterocycles. The number of hydrogen-bond acceptors (Lipinski definition) is 4. The average molecular weight is 241 g/mol. The Morgan fingerprint density at radius 1 is 1.59 bits per heavy atom. The largest absolute Gasteiger partial charge is 0.397 e. The molecule has 0 unspecified atom stereocenters. The smallest absolute Gasteiger partial charge is 0.225 e. The first kappa shape index (κ1) is 13.4. The Labute approximate surface area is 99.3 Å². The van der Waals surface area contributed by atoms with Gasteiger partial charge >= 0.3 is 0 Å². The Balaban J connectivity index is 2.50. The molecule has 5 nitrogen and oxygen atoms in total. The first-order valence-electron chi connectivity index (χ1n) is 5.13. The van der Waals surface area contributed by atoms with Crippen LogP contribution in [0.1, 0.15) is 6.42 Å². The van der Waals surface area contributed by atoms with Crippen molar-refractivity contribution in [3.8, 4) is 0 Å². The SMILES string of the molecule is CON(C)CCC(=O)Nc1ccc(F)cc1N. The predicted molar refractivity (Wildman–Crippen MR) is 63.7 cm³/mol. The lowest BCUT2D eigenvalue weighted by Crippen LogP contribution is -2.23. The number of nitrogens with two attached hydrogens (primary N) is 1. The van der Waals surface area contributed by atoms with Crippen LogP contribution in [0.4, 0.5) is 15.8 Å². The summed E-state index contributed by atoms with van der Waals surface area (Å²) in [5.41, 5.74) is 6.18. The fourth-order valence-corrected chi connectivity index (χ4v) is 1.21. The third-order valence-corrected chi connectivity index (χ3v) is 2.25. The first-order valence-corrected chi connectivity index (χ1v) is 5.13. The highest BCUT2D eigenvalue weighted by molar-refractivity contribution is 5.93. The van der Waals surface area contributed by atoms with Crippen molar-refractivity contribution < 1.29 is 14.0 Å². The number of carbonyl (C=O) groups is 1. The van der Waals surface area contributed by atoms with Crippen molar-refractivity contribution in [1.29, 1.82) is 0 Å². The molecule has 1 aromatic rings. The minimum Gasteiger partial charge on any atom is -0.397 e. The van der Waals surface area contributed by atoms with E-state index in [1.807, 2.05) is 0 Å². The molecule has 0 bridgehead atoms. The Hall–Kier alpha value is -1.66. The molecule has 0 radical (unpaired) electrons. The van der Waals surface area contributed by atoms with E-state index in [0.717, 1.165) is 6.07 Å². The number of hydrogen-bond donors (Lipinski definition) is 2. The van der Waals surface area contributed by atoms with E-state index in [1.54, 1.807) is 7.05 Å². The Bertz CT molecular complexity index is 398. The maximum atomic E-state index is 12.8. The first-order chi connectivity index (χ1) is 8.02. The summed E-state index contributed by atoms with van der Waals surface area (Å²) < 4.78 is 12.8. The molecule has 1 amide bonds. The van der Waals surface area contributed by atoms with Gasteiger partial charge in [-0.1, -0.05) is 0 Å².